The van der Waals surface area contributed by atoms with Crippen LogP contribution in [0.4, 0.5) is 0 Å². The fourth-order valence-corrected chi connectivity index (χ4v) is 8.51. The molecular weight excluding hydrogens is 487 g/mol. The van der Waals surface area contributed by atoms with Crippen LogP contribution in [-0.2, 0) is 5.41 Å². The first-order chi connectivity index (χ1) is 16.6. The van der Waals surface area contributed by atoms with Gasteiger partial charge in [-0.05, 0) is 0 Å². The van der Waals surface area contributed by atoms with E-state index in [-0.39, 0.29) is 5.41 Å². The molecule has 2 aromatic heterocycles. The molecular formula is C32H31GeNO. The summed E-state index contributed by atoms with van der Waals surface area (Å²) in [5.41, 5.74) is 6.34. The molecule has 0 spiro atoms. The van der Waals surface area contributed by atoms with Crippen LogP contribution in [0.1, 0.15) is 26.3 Å². The first-order valence-electron chi connectivity index (χ1n) is 12.4. The van der Waals surface area contributed by atoms with Crippen molar-refractivity contribution < 1.29 is 4.42 Å². The fourth-order valence-electron chi connectivity index (χ4n) is 5.19. The predicted molar refractivity (Wildman–Crippen MR) is 154 cm³/mol. The van der Waals surface area contributed by atoms with E-state index >= 15 is 0 Å². The van der Waals surface area contributed by atoms with Gasteiger partial charge in [0.15, 0.2) is 0 Å². The Morgan fingerprint density at radius 3 is 2.20 bits per heavy atom. The summed E-state index contributed by atoms with van der Waals surface area (Å²) in [6.45, 7) is 6.82. The van der Waals surface area contributed by atoms with Crippen LogP contribution in [-0.4, -0.2) is 18.3 Å². The molecule has 4 aromatic carbocycles. The molecule has 0 saturated carbocycles. The minimum atomic E-state index is -2.28. The fraction of sp³-hybridized carbons (Fsp3) is 0.219. The number of para-hydroxylation sites is 1. The summed E-state index contributed by atoms with van der Waals surface area (Å²) in [4.78, 5) is 5.28. The van der Waals surface area contributed by atoms with Gasteiger partial charge in [0.2, 0.25) is 0 Å². The van der Waals surface area contributed by atoms with Crippen LogP contribution in [0.5, 0.6) is 0 Å². The van der Waals surface area contributed by atoms with Gasteiger partial charge in [-0.15, -0.1) is 0 Å². The zero-order valence-corrected chi connectivity index (χ0v) is 23.5. The molecule has 35 heavy (non-hydrogen) atoms. The summed E-state index contributed by atoms with van der Waals surface area (Å²) in [5, 5.41) is 6.23. The third-order valence-corrected chi connectivity index (χ3v) is 11.3. The molecule has 2 heterocycles. The van der Waals surface area contributed by atoms with Crippen LogP contribution in [0.25, 0.3) is 54.9 Å². The van der Waals surface area contributed by atoms with Crippen molar-refractivity contribution in [2.45, 2.75) is 43.5 Å². The zero-order valence-electron chi connectivity index (χ0n) is 21.4. The second-order valence-electron chi connectivity index (χ2n) is 11.7. The summed E-state index contributed by atoms with van der Waals surface area (Å²) in [6, 6.07) is 28.4. The zero-order chi connectivity index (χ0) is 24.5. The SMILES string of the molecule is CC(C)(C)c1cc(-c2c[c]([Ge]([CH3])([CH3])[CH3])c3c(ccc4ccccc43)n2)c2oc3ccccc3c2c1. The van der Waals surface area contributed by atoms with Crippen LogP contribution < -0.4 is 4.40 Å². The number of furan rings is 1. The van der Waals surface area contributed by atoms with Crippen molar-refractivity contribution in [3.63, 3.8) is 0 Å². The molecule has 6 rings (SSSR count). The van der Waals surface area contributed by atoms with E-state index in [1.165, 1.54) is 31.5 Å². The van der Waals surface area contributed by atoms with Crippen molar-refractivity contribution in [2.75, 3.05) is 0 Å². The third-order valence-electron chi connectivity index (χ3n) is 7.13. The van der Waals surface area contributed by atoms with Crippen molar-refractivity contribution in [1.82, 2.24) is 4.98 Å². The molecule has 3 heteroatoms. The molecule has 0 fully saturated rings. The Morgan fingerprint density at radius 1 is 0.743 bits per heavy atom. The van der Waals surface area contributed by atoms with Crippen molar-refractivity contribution in [1.29, 1.82) is 0 Å². The normalized spacial score (nSPS) is 12.9. The Morgan fingerprint density at radius 2 is 1.46 bits per heavy atom. The molecule has 0 saturated heterocycles. The number of pyridine rings is 1. The van der Waals surface area contributed by atoms with Gasteiger partial charge in [-0.3, -0.25) is 0 Å². The summed E-state index contributed by atoms with van der Waals surface area (Å²) >= 11 is -2.28. The molecule has 0 atom stereocenters. The van der Waals surface area contributed by atoms with Gasteiger partial charge in [0.1, 0.15) is 0 Å². The van der Waals surface area contributed by atoms with E-state index in [9.17, 15) is 0 Å². The molecule has 0 radical (unpaired) electrons. The van der Waals surface area contributed by atoms with Crippen LogP contribution in [0.3, 0.4) is 0 Å². The number of aromatic nitrogens is 1. The first-order valence-corrected chi connectivity index (χ1v) is 19.7. The van der Waals surface area contributed by atoms with Gasteiger partial charge < -0.3 is 0 Å². The average molecular weight is 518 g/mol. The summed E-state index contributed by atoms with van der Waals surface area (Å²) in [5.74, 6) is 7.42. The van der Waals surface area contributed by atoms with E-state index in [1.54, 1.807) is 0 Å². The topological polar surface area (TPSA) is 26.0 Å². The van der Waals surface area contributed by atoms with Gasteiger partial charge in [0.05, 0.1) is 0 Å². The van der Waals surface area contributed by atoms with Crippen LogP contribution >= 0.6 is 0 Å². The Bertz CT molecular complexity index is 1760. The van der Waals surface area contributed by atoms with Crippen molar-refractivity contribution in [2.24, 2.45) is 0 Å². The summed E-state index contributed by atoms with van der Waals surface area (Å²) in [6.07, 6.45) is 0. The monoisotopic (exact) mass is 519 g/mol. The van der Waals surface area contributed by atoms with Gasteiger partial charge in [-0.25, -0.2) is 0 Å². The maximum atomic E-state index is 6.49. The van der Waals surface area contributed by atoms with Crippen molar-refractivity contribution in [3.05, 3.63) is 84.4 Å². The molecule has 0 amide bonds. The molecule has 6 aromatic rings. The minimum absolute atomic E-state index is 0.0129. The van der Waals surface area contributed by atoms with E-state index in [1.807, 2.05) is 6.07 Å². The molecule has 0 unspecified atom stereocenters. The standard InChI is InChI=1S/C32H31GeNO/c1-32(2,3)21-17-24-23-13-9-10-14-29(23)35-31(24)25(18-21)28-19-26(33(4,5)6)30-22-12-8-7-11-20(22)15-16-27(30)34-28/h7-19H,1-6H3. The van der Waals surface area contributed by atoms with Gasteiger partial charge in [-0.2, -0.15) is 0 Å². The summed E-state index contributed by atoms with van der Waals surface area (Å²) < 4.78 is 7.98. The Balaban J connectivity index is 1.76. The van der Waals surface area contributed by atoms with Crippen LogP contribution in [0.2, 0.25) is 17.3 Å². The van der Waals surface area contributed by atoms with E-state index in [0.717, 1.165) is 33.3 Å². The molecule has 0 N–H and O–H groups in total. The number of hydrogen-bond acceptors (Lipinski definition) is 2. The second kappa shape index (κ2) is 7.70. The summed E-state index contributed by atoms with van der Waals surface area (Å²) in [7, 11) is 0. The van der Waals surface area contributed by atoms with Gasteiger partial charge in [0.25, 0.3) is 0 Å². The average Bonchev–Trinajstić information content (AvgIpc) is 3.20. The Hall–Kier alpha value is -3.11. The number of rotatable bonds is 2. The second-order valence-corrected chi connectivity index (χ2v) is 22.3. The van der Waals surface area contributed by atoms with E-state index < -0.39 is 13.3 Å². The molecule has 0 aliphatic carbocycles. The number of hydrogen-bond donors (Lipinski definition) is 0. The van der Waals surface area contributed by atoms with Crippen molar-refractivity contribution in [3.8, 4) is 11.3 Å². The van der Waals surface area contributed by atoms with Crippen LogP contribution in [0.15, 0.2) is 83.3 Å². The molecule has 0 aliphatic heterocycles. The van der Waals surface area contributed by atoms with Gasteiger partial charge >= 0.3 is 210 Å². The molecule has 174 valence electrons. The van der Waals surface area contributed by atoms with Crippen molar-refractivity contribution >= 4 is 61.3 Å². The number of benzene rings is 4. The Labute approximate surface area is 209 Å². The quantitative estimate of drug-likeness (QED) is 0.169. The number of fused-ring (bicyclic) bond motifs is 6. The Kier molecular flexibility index (Phi) is 4.92. The predicted octanol–water partition coefficient (Wildman–Crippen LogP) is 8.80. The van der Waals surface area contributed by atoms with E-state index in [2.05, 4.69) is 111 Å². The van der Waals surface area contributed by atoms with Gasteiger partial charge in [-0.1, -0.05) is 0 Å². The maximum absolute atomic E-state index is 6.49. The number of nitrogens with zero attached hydrogens (tertiary/aromatic N) is 1. The molecule has 2 nitrogen and oxygen atoms in total. The van der Waals surface area contributed by atoms with E-state index in [0.29, 0.717) is 0 Å². The molecule has 0 bridgehead atoms. The van der Waals surface area contributed by atoms with Gasteiger partial charge in [0, 0.05) is 0 Å². The molecule has 0 aliphatic rings. The van der Waals surface area contributed by atoms with E-state index in [4.69, 9.17) is 9.40 Å². The third kappa shape index (κ3) is 3.66. The van der Waals surface area contributed by atoms with Crippen LogP contribution in [0, 0.1) is 0 Å². The first kappa shape index (κ1) is 22.4.